The number of rotatable bonds is 2. The fourth-order valence-electron chi connectivity index (χ4n) is 4.52. The van der Waals surface area contributed by atoms with Crippen LogP contribution < -0.4 is 26.5 Å². The number of aromatic hydroxyl groups is 2. The summed E-state index contributed by atoms with van der Waals surface area (Å²) >= 11 is 0. The summed E-state index contributed by atoms with van der Waals surface area (Å²) in [5.74, 6) is 1.53. The van der Waals surface area contributed by atoms with Gasteiger partial charge in [-0.25, -0.2) is 0 Å². The van der Waals surface area contributed by atoms with E-state index in [0.29, 0.717) is 0 Å². The Bertz CT molecular complexity index is 854. The average molecular weight is 422 g/mol. The molecule has 0 aromatic heterocycles. The molecule has 2 aromatic carbocycles. The lowest BCUT2D eigenvalue weighted by molar-refractivity contribution is -0.956. The third kappa shape index (κ3) is 2.72. The van der Waals surface area contributed by atoms with E-state index in [0.717, 1.165) is 53.0 Å². The molecule has 0 saturated heterocycles. The van der Waals surface area contributed by atoms with E-state index >= 15 is 0 Å². The van der Waals surface area contributed by atoms with Crippen LogP contribution in [-0.2, 0) is 19.4 Å². The van der Waals surface area contributed by atoms with Gasteiger partial charge in [-0.15, -0.1) is 0 Å². The van der Waals surface area contributed by atoms with Crippen molar-refractivity contribution in [2.45, 2.75) is 25.4 Å². The van der Waals surface area contributed by atoms with Crippen molar-refractivity contribution in [2.24, 2.45) is 0 Å². The average Bonchev–Trinajstić information content (AvgIpc) is 2.60. The van der Waals surface area contributed by atoms with Crippen LogP contribution in [0.15, 0.2) is 24.3 Å². The van der Waals surface area contributed by atoms with E-state index in [1.54, 1.807) is 26.4 Å². The fourth-order valence-corrected chi connectivity index (χ4v) is 4.52. The van der Waals surface area contributed by atoms with Crippen LogP contribution in [0.5, 0.6) is 23.0 Å². The quantitative estimate of drug-likeness (QED) is 0.525. The first-order valence-electron chi connectivity index (χ1n) is 8.58. The highest BCUT2D eigenvalue weighted by Crippen LogP contribution is 2.48. The van der Waals surface area contributed by atoms with Crippen LogP contribution >= 0.6 is 0 Å². The zero-order chi connectivity index (χ0) is 17.8. The van der Waals surface area contributed by atoms with Crippen LogP contribution in [0.1, 0.15) is 28.3 Å². The minimum atomic E-state index is -0.0368. The number of quaternary nitrogens is 1. The molecule has 0 saturated carbocycles. The molecule has 2 aliphatic heterocycles. The first-order valence-corrected chi connectivity index (χ1v) is 8.58. The predicted molar refractivity (Wildman–Crippen MR) is 94.2 cm³/mol. The summed E-state index contributed by atoms with van der Waals surface area (Å²) < 4.78 is 12.0. The van der Waals surface area contributed by atoms with Gasteiger partial charge in [-0.2, -0.15) is 0 Å². The molecule has 0 radical (unpaired) electrons. The molecule has 2 aliphatic rings. The van der Waals surface area contributed by atoms with Gasteiger partial charge in [0.25, 0.3) is 0 Å². The highest BCUT2D eigenvalue weighted by atomic mass is 79.9. The number of hydrogen-bond acceptors (Lipinski definition) is 4. The normalized spacial score (nSPS) is 23.1. The first kappa shape index (κ1) is 18.9. The first-order chi connectivity index (χ1) is 12.0. The molecule has 2 aromatic rings. The number of nitrogens with zero attached hydrogens (tertiary/aromatic N) is 1. The van der Waals surface area contributed by atoms with E-state index < -0.39 is 0 Å². The number of likely N-dealkylation sites (N-methyl/N-ethyl adjacent to an activating group) is 1. The molecule has 6 heteroatoms. The van der Waals surface area contributed by atoms with Gasteiger partial charge < -0.3 is 41.2 Å². The SMILES string of the molecule is COc1ccc2c(c1OC)C[N+]1(C)CCc3cc(O)c(O)cc3C1C2.[Br-]. The van der Waals surface area contributed by atoms with Crippen molar-refractivity contribution in [3.8, 4) is 23.0 Å². The second-order valence-corrected chi connectivity index (χ2v) is 7.31. The maximum absolute atomic E-state index is 10.0. The zero-order valence-electron chi connectivity index (χ0n) is 15.3. The number of benzene rings is 2. The number of phenolic OH excluding ortho intramolecular Hbond substituents is 2. The lowest BCUT2D eigenvalue weighted by Gasteiger charge is -2.49. The van der Waals surface area contributed by atoms with Crippen molar-refractivity contribution in [2.75, 3.05) is 27.8 Å². The van der Waals surface area contributed by atoms with Gasteiger partial charge in [0.15, 0.2) is 23.0 Å². The van der Waals surface area contributed by atoms with Gasteiger partial charge in [0, 0.05) is 18.4 Å². The van der Waals surface area contributed by atoms with Crippen LogP contribution in [0, 0.1) is 0 Å². The molecule has 0 amide bonds. The van der Waals surface area contributed by atoms with Crippen LogP contribution in [0.2, 0.25) is 0 Å². The summed E-state index contributed by atoms with van der Waals surface area (Å²) in [5.41, 5.74) is 4.76. The topological polar surface area (TPSA) is 58.9 Å². The van der Waals surface area contributed by atoms with E-state index in [1.165, 1.54) is 11.1 Å². The Morgan fingerprint density at radius 1 is 1.04 bits per heavy atom. The van der Waals surface area contributed by atoms with Crippen molar-refractivity contribution < 1.29 is 41.2 Å². The lowest BCUT2D eigenvalue weighted by atomic mass is 9.81. The zero-order valence-corrected chi connectivity index (χ0v) is 16.8. The number of fused-ring (bicyclic) bond motifs is 4. The van der Waals surface area contributed by atoms with Crippen LogP contribution in [0.25, 0.3) is 0 Å². The number of hydrogen-bond donors (Lipinski definition) is 2. The second-order valence-electron chi connectivity index (χ2n) is 7.31. The second kappa shape index (κ2) is 6.67. The van der Waals surface area contributed by atoms with Crippen molar-refractivity contribution in [1.29, 1.82) is 0 Å². The van der Waals surface area contributed by atoms with Crippen molar-refractivity contribution >= 4 is 0 Å². The number of ether oxygens (including phenoxy) is 2. The molecular weight excluding hydrogens is 398 g/mol. The van der Waals surface area contributed by atoms with E-state index in [4.69, 9.17) is 9.47 Å². The van der Waals surface area contributed by atoms with Gasteiger partial charge in [0.1, 0.15) is 12.6 Å². The molecule has 2 N–H and O–H groups in total. The lowest BCUT2D eigenvalue weighted by Crippen LogP contribution is -3.00. The molecule has 2 heterocycles. The standard InChI is InChI=1S/C20H23NO4.BrH/c1-21-7-6-13-9-17(22)18(23)10-14(13)16(21)8-12-4-5-19(24-2)20(25-3)15(12)11-21;/h4-5,9-10,16H,6-8,11H2,1-3H3,(H-,22,23);1H. The predicted octanol–water partition coefficient (Wildman–Crippen LogP) is -0.0809. The highest BCUT2D eigenvalue weighted by molar-refractivity contribution is 5.53. The number of halogens is 1. The molecule has 2 unspecified atom stereocenters. The minimum absolute atomic E-state index is 0. The molecule has 2 atom stereocenters. The summed E-state index contributed by atoms with van der Waals surface area (Å²) in [6.45, 7) is 1.85. The van der Waals surface area contributed by atoms with Gasteiger partial charge in [0.05, 0.1) is 33.4 Å². The number of phenols is 2. The van der Waals surface area contributed by atoms with E-state index in [1.807, 2.05) is 6.07 Å². The summed E-state index contributed by atoms with van der Waals surface area (Å²) in [4.78, 5) is 0. The van der Waals surface area contributed by atoms with Gasteiger partial charge in [0.2, 0.25) is 0 Å². The maximum Gasteiger partial charge on any atom is 0.169 e. The molecule has 0 fully saturated rings. The summed E-state index contributed by atoms with van der Waals surface area (Å²) in [7, 11) is 5.62. The molecule has 26 heavy (non-hydrogen) atoms. The summed E-state index contributed by atoms with van der Waals surface area (Å²) in [5, 5.41) is 19.8. The van der Waals surface area contributed by atoms with Gasteiger partial charge in [-0.1, -0.05) is 6.07 Å². The summed E-state index contributed by atoms with van der Waals surface area (Å²) in [6, 6.07) is 7.82. The van der Waals surface area contributed by atoms with Gasteiger partial charge >= 0.3 is 0 Å². The Balaban J connectivity index is 0.00000196. The molecule has 0 bridgehead atoms. The Kier molecular flexibility index (Phi) is 4.84. The Morgan fingerprint density at radius 3 is 2.46 bits per heavy atom. The van der Waals surface area contributed by atoms with Gasteiger partial charge in [-0.05, 0) is 29.3 Å². The van der Waals surface area contributed by atoms with Gasteiger partial charge in [-0.3, -0.25) is 0 Å². The van der Waals surface area contributed by atoms with Crippen molar-refractivity contribution in [3.63, 3.8) is 0 Å². The summed E-state index contributed by atoms with van der Waals surface area (Å²) in [6.07, 6.45) is 1.77. The Hall–Kier alpha value is -1.92. The molecule has 4 rings (SSSR count). The third-order valence-corrected chi connectivity index (χ3v) is 5.92. The van der Waals surface area contributed by atoms with E-state index in [9.17, 15) is 10.2 Å². The highest BCUT2D eigenvalue weighted by Gasteiger charge is 2.44. The van der Waals surface area contributed by atoms with Crippen LogP contribution in [0.4, 0.5) is 0 Å². The van der Waals surface area contributed by atoms with Crippen molar-refractivity contribution in [1.82, 2.24) is 0 Å². The molecule has 140 valence electrons. The Labute approximate surface area is 164 Å². The third-order valence-electron chi connectivity index (χ3n) is 5.92. The van der Waals surface area contributed by atoms with Crippen molar-refractivity contribution in [3.05, 3.63) is 46.5 Å². The molecule has 5 nitrogen and oxygen atoms in total. The Morgan fingerprint density at radius 2 is 1.77 bits per heavy atom. The molecule has 0 spiro atoms. The fraction of sp³-hybridized carbons (Fsp3) is 0.400. The van der Waals surface area contributed by atoms with Crippen LogP contribution in [0.3, 0.4) is 0 Å². The van der Waals surface area contributed by atoms with E-state index in [2.05, 4.69) is 13.1 Å². The van der Waals surface area contributed by atoms with E-state index in [-0.39, 0.29) is 34.5 Å². The monoisotopic (exact) mass is 421 g/mol. The molecule has 0 aliphatic carbocycles. The molecular formula is C20H24BrNO4. The minimum Gasteiger partial charge on any atom is -1.00 e. The number of methoxy groups -OCH3 is 2. The maximum atomic E-state index is 10.0. The van der Waals surface area contributed by atoms with Crippen LogP contribution in [-0.4, -0.2) is 42.5 Å². The largest absolute Gasteiger partial charge is 1.00 e. The smallest absolute Gasteiger partial charge is 0.169 e.